The molecule has 1 unspecified atom stereocenters. The summed E-state index contributed by atoms with van der Waals surface area (Å²) in [6.45, 7) is 7.62. The van der Waals surface area contributed by atoms with Gasteiger partial charge in [-0.15, -0.1) is 12.4 Å². The number of halogens is 1. The minimum Gasteiger partial charge on any atom is -0.340 e. The Morgan fingerprint density at radius 1 is 1.28 bits per heavy atom. The molecule has 3 rings (SSSR count). The first-order valence-corrected chi connectivity index (χ1v) is 8.88. The summed E-state index contributed by atoms with van der Waals surface area (Å²) in [6, 6.07) is 6.44. The molecule has 1 aromatic carbocycles. The van der Waals surface area contributed by atoms with Crippen molar-refractivity contribution in [3.05, 3.63) is 34.9 Å². The minimum atomic E-state index is 0. The van der Waals surface area contributed by atoms with Gasteiger partial charge in [0.1, 0.15) is 0 Å². The Hall–Kier alpha value is -1.59. The molecule has 0 radical (unpaired) electrons. The van der Waals surface area contributed by atoms with Gasteiger partial charge in [0.25, 0.3) is 0 Å². The molecule has 25 heavy (non-hydrogen) atoms. The minimum absolute atomic E-state index is 0. The molecule has 2 saturated heterocycles. The number of nitrogens with zero attached hydrogens (tertiary/aromatic N) is 2. The van der Waals surface area contributed by atoms with Crippen LogP contribution in [-0.2, 0) is 16.0 Å². The normalized spacial score (nSPS) is 21.0. The molecule has 2 amide bonds. The second-order valence-corrected chi connectivity index (χ2v) is 7.01. The van der Waals surface area contributed by atoms with Crippen molar-refractivity contribution in [2.75, 3.05) is 32.7 Å². The summed E-state index contributed by atoms with van der Waals surface area (Å²) >= 11 is 0. The Labute approximate surface area is 156 Å². The van der Waals surface area contributed by atoms with Gasteiger partial charge >= 0.3 is 0 Å². The summed E-state index contributed by atoms with van der Waals surface area (Å²) in [4.78, 5) is 28.8. The molecule has 5 nitrogen and oxygen atoms in total. The van der Waals surface area contributed by atoms with Gasteiger partial charge in [0, 0.05) is 32.2 Å². The topological polar surface area (TPSA) is 52.7 Å². The molecule has 2 aliphatic rings. The second-order valence-electron chi connectivity index (χ2n) is 7.01. The fraction of sp³-hybridized carbons (Fsp3) is 0.579. The molecule has 2 fully saturated rings. The van der Waals surface area contributed by atoms with Crippen LogP contribution in [0.5, 0.6) is 0 Å². The number of amides is 2. The van der Waals surface area contributed by atoms with Crippen LogP contribution in [0.25, 0.3) is 0 Å². The van der Waals surface area contributed by atoms with Crippen molar-refractivity contribution in [3.8, 4) is 0 Å². The number of benzene rings is 1. The maximum Gasteiger partial charge on any atom is 0.236 e. The van der Waals surface area contributed by atoms with Gasteiger partial charge < -0.3 is 15.1 Å². The number of hydrogen-bond acceptors (Lipinski definition) is 3. The van der Waals surface area contributed by atoms with Crippen molar-refractivity contribution in [3.63, 3.8) is 0 Å². The Balaban J connectivity index is 0.00000225. The zero-order valence-electron chi connectivity index (χ0n) is 15.1. The second kappa shape index (κ2) is 8.68. The van der Waals surface area contributed by atoms with Gasteiger partial charge in [-0.05, 0) is 37.8 Å². The molecule has 0 aliphatic carbocycles. The number of nitrogens with one attached hydrogen (secondary N) is 1. The molecule has 0 aromatic heterocycles. The van der Waals surface area contributed by atoms with Crippen molar-refractivity contribution in [1.29, 1.82) is 0 Å². The van der Waals surface area contributed by atoms with Crippen molar-refractivity contribution in [2.24, 2.45) is 0 Å². The molecule has 0 spiro atoms. The van der Waals surface area contributed by atoms with E-state index in [2.05, 4.69) is 37.4 Å². The largest absolute Gasteiger partial charge is 0.340 e. The fourth-order valence-electron chi connectivity index (χ4n) is 3.71. The molecular formula is C19H28ClN3O2. The lowest BCUT2D eigenvalue weighted by molar-refractivity contribution is -0.140. The van der Waals surface area contributed by atoms with Crippen LogP contribution in [0.3, 0.4) is 0 Å². The first-order chi connectivity index (χ1) is 11.5. The summed E-state index contributed by atoms with van der Waals surface area (Å²) in [5, 5.41) is 3.11. The van der Waals surface area contributed by atoms with E-state index in [4.69, 9.17) is 0 Å². The van der Waals surface area contributed by atoms with Crippen LogP contribution in [0.15, 0.2) is 18.2 Å². The summed E-state index contributed by atoms with van der Waals surface area (Å²) in [7, 11) is 0. The Morgan fingerprint density at radius 2 is 2.08 bits per heavy atom. The number of likely N-dealkylation sites (tertiary alicyclic amines) is 1. The Morgan fingerprint density at radius 3 is 2.84 bits per heavy atom. The predicted molar refractivity (Wildman–Crippen MR) is 101 cm³/mol. The maximum atomic E-state index is 12.8. The summed E-state index contributed by atoms with van der Waals surface area (Å²) in [5.74, 6) is 0.339. The molecule has 1 aromatic rings. The highest BCUT2D eigenvalue weighted by Gasteiger charge is 2.31. The van der Waals surface area contributed by atoms with E-state index >= 15 is 0 Å². The van der Waals surface area contributed by atoms with Gasteiger partial charge in [-0.1, -0.05) is 23.8 Å². The standard InChI is InChI=1S/C19H27N3O2.ClH/c1-14-5-6-15(2)16(10-14)11-18(23)21-8-3-4-17(13-21)22-9-7-20-12-19(22)24;/h5-6,10,17,20H,3-4,7-9,11-13H2,1-2H3;1H. The van der Waals surface area contributed by atoms with Crippen molar-refractivity contribution in [1.82, 2.24) is 15.1 Å². The number of carbonyl (C=O) groups is 2. The molecule has 138 valence electrons. The van der Waals surface area contributed by atoms with Gasteiger partial charge in [-0.2, -0.15) is 0 Å². The van der Waals surface area contributed by atoms with Crippen LogP contribution < -0.4 is 5.32 Å². The van der Waals surface area contributed by atoms with E-state index in [-0.39, 0.29) is 30.3 Å². The van der Waals surface area contributed by atoms with E-state index in [0.717, 1.165) is 38.0 Å². The number of hydrogen-bond donors (Lipinski definition) is 1. The molecule has 0 saturated carbocycles. The van der Waals surface area contributed by atoms with E-state index in [1.807, 2.05) is 9.80 Å². The highest BCUT2D eigenvalue weighted by atomic mass is 35.5. The van der Waals surface area contributed by atoms with Crippen LogP contribution in [0.4, 0.5) is 0 Å². The Bertz CT molecular complexity index is 635. The molecule has 1 atom stereocenters. The fourth-order valence-corrected chi connectivity index (χ4v) is 3.71. The number of aryl methyl sites for hydroxylation is 2. The zero-order chi connectivity index (χ0) is 17.1. The van der Waals surface area contributed by atoms with E-state index in [0.29, 0.717) is 19.5 Å². The van der Waals surface area contributed by atoms with Crippen molar-refractivity contribution >= 4 is 24.2 Å². The van der Waals surface area contributed by atoms with Crippen LogP contribution >= 0.6 is 12.4 Å². The van der Waals surface area contributed by atoms with Gasteiger partial charge in [0.2, 0.25) is 11.8 Å². The highest BCUT2D eigenvalue weighted by molar-refractivity contribution is 5.85. The Kier molecular flexibility index (Phi) is 6.85. The van der Waals surface area contributed by atoms with Gasteiger partial charge in [-0.3, -0.25) is 9.59 Å². The third-order valence-electron chi connectivity index (χ3n) is 5.16. The highest BCUT2D eigenvalue weighted by Crippen LogP contribution is 2.19. The summed E-state index contributed by atoms with van der Waals surface area (Å²) < 4.78 is 0. The van der Waals surface area contributed by atoms with E-state index in [1.54, 1.807) is 0 Å². The molecule has 0 bridgehead atoms. The number of piperazine rings is 1. The van der Waals surface area contributed by atoms with Crippen LogP contribution in [0.1, 0.15) is 29.5 Å². The number of piperidine rings is 1. The average molecular weight is 366 g/mol. The molecule has 6 heteroatoms. The molecule has 2 heterocycles. The lowest BCUT2D eigenvalue weighted by atomic mass is 9.99. The van der Waals surface area contributed by atoms with E-state index < -0.39 is 0 Å². The van der Waals surface area contributed by atoms with Gasteiger partial charge in [0.15, 0.2) is 0 Å². The summed E-state index contributed by atoms with van der Waals surface area (Å²) in [5.41, 5.74) is 3.46. The lowest BCUT2D eigenvalue weighted by Gasteiger charge is -2.41. The van der Waals surface area contributed by atoms with E-state index in [1.165, 1.54) is 11.1 Å². The lowest BCUT2D eigenvalue weighted by Crippen LogP contribution is -2.57. The SMILES string of the molecule is Cc1ccc(C)c(CC(=O)N2CCCC(N3CCNCC3=O)C2)c1.Cl. The van der Waals surface area contributed by atoms with Gasteiger partial charge in [-0.25, -0.2) is 0 Å². The summed E-state index contributed by atoms with van der Waals surface area (Å²) in [6.07, 6.45) is 2.43. The average Bonchev–Trinajstić information content (AvgIpc) is 2.58. The van der Waals surface area contributed by atoms with Crippen LogP contribution in [0, 0.1) is 13.8 Å². The van der Waals surface area contributed by atoms with E-state index in [9.17, 15) is 9.59 Å². The quantitative estimate of drug-likeness (QED) is 0.886. The maximum absolute atomic E-state index is 12.8. The number of rotatable bonds is 3. The molecule has 1 N–H and O–H groups in total. The van der Waals surface area contributed by atoms with Crippen LogP contribution in [-0.4, -0.2) is 60.4 Å². The number of carbonyl (C=O) groups excluding carboxylic acids is 2. The van der Waals surface area contributed by atoms with Crippen molar-refractivity contribution < 1.29 is 9.59 Å². The third kappa shape index (κ3) is 4.73. The van der Waals surface area contributed by atoms with Crippen molar-refractivity contribution in [2.45, 2.75) is 39.2 Å². The first kappa shape index (κ1) is 19.7. The third-order valence-corrected chi connectivity index (χ3v) is 5.16. The molecular weight excluding hydrogens is 338 g/mol. The monoisotopic (exact) mass is 365 g/mol. The smallest absolute Gasteiger partial charge is 0.236 e. The van der Waals surface area contributed by atoms with Crippen LogP contribution in [0.2, 0.25) is 0 Å². The van der Waals surface area contributed by atoms with Gasteiger partial charge in [0.05, 0.1) is 13.0 Å². The molecule has 2 aliphatic heterocycles. The zero-order valence-corrected chi connectivity index (χ0v) is 15.9. The first-order valence-electron chi connectivity index (χ1n) is 8.88. The predicted octanol–water partition coefficient (Wildman–Crippen LogP) is 1.69.